The van der Waals surface area contributed by atoms with Crippen LogP contribution in [0.2, 0.25) is 5.02 Å². The Morgan fingerprint density at radius 2 is 2.00 bits per heavy atom. The molecule has 2 atom stereocenters. The summed E-state index contributed by atoms with van der Waals surface area (Å²) in [5.41, 5.74) is 5.58. The number of hydrogen-bond donors (Lipinski definition) is 1. The highest BCUT2D eigenvalue weighted by molar-refractivity contribution is 6.31. The zero-order chi connectivity index (χ0) is 12.6. The van der Waals surface area contributed by atoms with Crippen LogP contribution in [-0.2, 0) is 0 Å². The lowest BCUT2D eigenvalue weighted by Gasteiger charge is -2.33. The van der Waals surface area contributed by atoms with Gasteiger partial charge in [0.15, 0.2) is 0 Å². The molecule has 0 fully saturated rings. The molecule has 0 aromatic heterocycles. The first kappa shape index (κ1) is 12.9. The van der Waals surface area contributed by atoms with Gasteiger partial charge in [-0.15, -0.1) is 0 Å². The molecule has 0 heterocycles. The van der Waals surface area contributed by atoms with Crippen molar-refractivity contribution in [2.45, 2.75) is 52.5 Å². The maximum absolute atomic E-state index is 6.45. The molecule has 1 nitrogen and oxygen atoms in total. The lowest BCUT2D eigenvalue weighted by molar-refractivity contribution is 0.439. The molecule has 1 aliphatic rings. The fourth-order valence-electron chi connectivity index (χ4n) is 3.02. The third-order valence-corrected chi connectivity index (χ3v) is 4.38. The van der Waals surface area contributed by atoms with Crippen LogP contribution in [0.1, 0.15) is 60.9 Å². The summed E-state index contributed by atoms with van der Waals surface area (Å²) in [7, 11) is 0. The van der Waals surface area contributed by atoms with Crippen LogP contribution >= 0.6 is 11.6 Å². The van der Waals surface area contributed by atoms with Crippen molar-refractivity contribution >= 4 is 11.6 Å². The van der Waals surface area contributed by atoms with Gasteiger partial charge in [-0.1, -0.05) is 25.4 Å². The normalized spacial score (nSPS) is 23.6. The number of fused-ring (bicyclic) bond motifs is 1. The Labute approximate surface area is 110 Å². The highest BCUT2D eigenvalue weighted by atomic mass is 35.5. The zero-order valence-corrected chi connectivity index (χ0v) is 12.0. The maximum atomic E-state index is 6.45. The smallest absolute Gasteiger partial charge is 0.0446 e. The Hall–Kier alpha value is -0.530. The lowest BCUT2D eigenvalue weighted by atomic mass is 9.78. The van der Waals surface area contributed by atoms with Crippen LogP contribution in [0.25, 0.3) is 0 Å². The molecule has 2 heteroatoms. The van der Waals surface area contributed by atoms with Crippen molar-refractivity contribution in [3.05, 3.63) is 33.3 Å². The molecule has 0 spiro atoms. The Morgan fingerprint density at radius 1 is 1.29 bits per heavy atom. The van der Waals surface area contributed by atoms with Crippen LogP contribution in [0.15, 0.2) is 6.07 Å². The first-order valence-corrected chi connectivity index (χ1v) is 6.96. The topological polar surface area (TPSA) is 12.0 Å². The van der Waals surface area contributed by atoms with Crippen molar-refractivity contribution in [1.29, 1.82) is 0 Å². The number of benzene rings is 1. The quantitative estimate of drug-likeness (QED) is 0.816. The van der Waals surface area contributed by atoms with Crippen LogP contribution in [0.4, 0.5) is 0 Å². The van der Waals surface area contributed by atoms with Crippen molar-refractivity contribution in [2.24, 2.45) is 0 Å². The molecule has 1 aromatic carbocycles. The predicted octanol–water partition coefficient (Wildman–Crippen LogP) is 4.50. The van der Waals surface area contributed by atoms with Gasteiger partial charge in [0, 0.05) is 11.1 Å². The van der Waals surface area contributed by atoms with Crippen molar-refractivity contribution in [1.82, 2.24) is 5.32 Å². The second-order valence-corrected chi connectivity index (χ2v) is 5.62. The van der Waals surface area contributed by atoms with Gasteiger partial charge in [-0.2, -0.15) is 0 Å². The van der Waals surface area contributed by atoms with Crippen LogP contribution in [0.5, 0.6) is 0 Å². The van der Waals surface area contributed by atoms with E-state index in [1.54, 1.807) is 0 Å². The third kappa shape index (κ3) is 2.23. The fourth-order valence-corrected chi connectivity index (χ4v) is 3.48. The summed E-state index contributed by atoms with van der Waals surface area (Å²) in [6.07, 6.45) is 2.45. The molecular weight excluding hydrogens is 230 g/mol. The molecule has 17 heavy (non-hydrogen) atoms. The minimum absolute atomic E-state index is 0.489. The SMILES string of the molecule is CCNC1CCC(C)c2c(Cl)cc(C)c(C)c21. The van der Waals surface area contributed by atoms with Gasteiger partial charge in [-0.25, -0.2) is 0 Å². The first-order valence-electron chi connectivity index (χ1n) is 6.59. The Balaban J connectivity index is 2.59. The molecular formula is C15H22ClN. The van der Waals surface area contributed by atoms with Gasteiger partial charge < -0.3 is 5.32 Å². The van der Waals surface area contributed by atoms with E-state index in [0.717, 1.165) is 11.6 Å². The highest BCUT2D eigenvalue weighted by Crippen LogP contribution is 2.43. The molecule has 2 unspecified atom stereocenters. The molecule has 0 saturated carbocycles. The predicted molar refractivity (Wildman–Crippen MR) is 75.0 cm³/mol. The second kappa shape index (κ2) is 4.99. The molecule has 0 aliphatic heterocycles. The van der Waals surface area contributed by atoms with Crippen molar-refractivity contribution in [3.63, 3.8) is 0 Å². The lowest BCUT2D eigenvalue weighted by Crippen LogP contribution is -2.27. The molecule has 0 amide bonds. The molecule has 0 saturated heterocycles. The second-order valence-electron chi connectivity index (χ2n) is 5.22. The van der Waals surface area contributed by atoms with E-state index in [9.17, 15) is 0 Å². The van der Waals surface area contributed by atoms with Crippen LogP contribution < -0.4 is 5.32 Å². The first-order chi connectivity index (χ1) is 8.06. The Morgan fingerprint density at radius 3 is 2.65 bits per heavy atom. The number of rotatable bonds is 2. The highest BCUT2D eigenvalue weighted by Gasteiger charge is 2.28. The summed E-state index contributed by atoms with van der Waals surface area (Å²) in [4.78, 5) is 0. The number of halogens is 1. The standard InChI is InChI=1S/C15H22ClN/c1-5-17-13-7-6-9(2)14-12(16)8-10(3)11(4)15(13)14/h8-9,13,17H,5-7H2,1-4H3. The molecule has 2 rings (SSSR count). The molecule has 1 N–H and O–H groups in total. The summed E-state index contributed by atoms with van der Waals surface area (Å²) in [5.74, 6) is 0.590. The summed E-state index contributed by atoms with van der Waals surface area (Å²) < 4.78 is 0. The molecule has 0 radical (unpaired) electrons. The van der Waals surface area contributed by atoms with Gasteiger partial charge in [0.2, 0.25) is 0 Å². The van der Waals surface area contributed by atoms with Gasteiger partial charge in [0.1, 0.15) is 0 Å². The summed E-state index contributed by atoms with van der Waals surface area (Å²) in [5, 5.41) is 4.55. The number of nitrogens with one attached hydrogen (secondary N) is 1. The van der Waals surface area contributed by atoms with E-state index >= 15 is 0 Å². The minimum Gasteiger partial charge on any atom is -0.310 e. The van der Waals surface area contributed by atoms with Gasteiger partial charge >= 0.3 is 0 Å². The summed E-state index contributed by atoms with van der Waals surface area (Å²) in [6, 6.07) is 2.61. The fraction of sp³-hybridized carbons (Fsp3) is 0.600. The van der Waals surface area contributed by atoms with E-state index in [2.05, 4.69) is 39.1 Å². The largest absolute Gasteiger partial charge is 0.310 e. The molecule has 1 aromatic rings. The Bertz CT molecular complexity index is 425. The van der Waals surface area contributed by atoms with Crippen LogP contribution in [-0.4, -0.2) is 6.54 Å². The van der Waals surface area contributed by atoms with Crippen LogP contribution in [0.3, 0.4) is 0 Å². The minimum atomic E-state index is 0.489. The van der Waals surface area contributed by atoms with E-state index < -0.39 is 0 Å². The molecule has 94 valence electrons. The van der Waals surface area contributed by atoms with Gasteiger partial charge in [-0.05, 0) is 67.5 Å². The van der Waals surface area contributed by atoms with Crippen LogP contribution in [0, 0.1) is 13.8 Å². The monoisotopic (exact) mass is 251 g/mol. The number of aryl methyl sites for hydroxylation is 1. The van der Waals surface area contributed by atoms with E-state index in [-0.39, 0.29) is 0 Å². The summed E-state index contributed by atoms with van der Waals surface area (Å²) >= 11 is 6.45. The maximum Gasteiger partial charge on any atom is 0.0446 e. The molecule has 1 aliphatic carbocycles. The average Bonchev–Trinajstić information content (AvgIpc) is 2.28. The van der Waals surface area contributed by atoms with E-state index in [4.69, 9.17) is 11.6 Å². The van der Waals surface area contributed by atoms with Crippen molar-refractivity contribution in [3.8, 4) is 0 Å². The number of hydrogen-bond acceptors (Lipinski definition) is 1. The third-order valence-electron chi connectivity index (χ3n) is 4.07. The van der Waals surface area contributed by atoms with Gasteiger partial charge in [0.25, 0.3) is 0 Å². The van der Waals surface area contributed by atoms with Gasteiger partial charge in [0.05, 0.1) is 0 Å². The van der Waals surface area contributed by atoms with E-state index in [0.29, 0.717) is 12.0 Å². The van der Waals surface area contributed by atoms with Crippen molar-refractivity contribution in [2.75, 3.05) is 6.54 Å². The summed E-state index contributed by atoms with van der Waals surface area (Å²) in [6.45, 7) is 9.87. The van der Waals surface area contributed by atoms with Crippen molar-refractivity contribution < 1.29 is 0 Å². The average molecular weight is 252 g/mol. The van der Waals surface area contributed by atoms with Gasteiger partial charge in [-0.3, -0.25) is 0 Å². The zero-order valence-electron chi connectivity index (χ0n) is 11.2. The van der Waals surface area contributed by atoms with E-state index in [1.807, 2.05) is 0 Å². The van der Waals surface area contributed by atoms with E-state index in [1.165, 1.54) is 35.1 Å². The Kier molecular flexibility index (Phi) is 3.79. The molecule has 0 bridgehead atoms.